The lowest BCUT2D eigenvalue weighted by atomic mass is 10.1. The molecular formula is C17H22ClN3O. The standard InChI is InChI=1S/C17H22ClN3O/c18-15-8-5-9-16-14(15)12-19-21(16)11-10-17(22)20-13-6-3-1-2-4-7-13/h5,8-9,12-13H,1-4,6-7,10-11H2,(H,20,22). The molecule has 1 heterocycles. The topological polar surface area (TPSA) is 46.9 Å². The SMILES string of the molecule is O=C(CCn1ncc2c(Cl)cccc21)NC1CCCCCC1. The van der Waals surface area contributed by atoms with Crippen LogP contribution in [0.1, 0.15) is 44.9 Å². The highest BCUT2D eigenvalue weighted by atomic mass is 35.5. The van der Waals surface area contributed by atoms with E-state index in [0.29, 0.717) is 24.0 Å². The van der Waals surface area contributed by atoms with Crippen LogP contribution in [0, 0.1) is 0 Å². The fourth-order valence-electron chi connectivity index (χ4n) is 3.18. The molecule has 5 heteroatoms. The summed E-state index contributed by atoms with van der Waals surface area (Å²) in [7, 11) is 0. The van der Waals surface area contributed by atoms with Crippen molar-refractivity contribution in [3.8, 4) is 0 Å². The number of benzene rings is 1. The van der Waals surface area contributed by atoms with Gasteiger partial charge in [0, 0.05) is 17.8 Å². The largest absolute Gasteiger partial charge is 0.353 e. The third kappa shape index (κ3) is 3.61. The molecular weight excluding hydrogens is 298 g/mol. The van der Waals surface area contributed by atoms with Crippen LogP contribution in [0.25, 0.3) is 10.9 Å². The van der Waals surface area contributed by atoms with Gasteiger partial charge in [-0.3, -0.25) is 9.48 Å². The van der Waals surface area contributed by atoms with Crippen molar-refractivity contribution in [3.05, 3.63) is 29.4 Å². The van der Waals surface area contributed by atoms with E-state index in [1.807, 2.05) is 22.9 Å². The lowest BCUT2D eigenvalue weighted by molar-refractivity contribution is -0.122. The van der Waals surface area contributed by atoms with Gasteiger partial charge in [-0.15, -0.1) is 0 Å². The van der Waals surface area contributed by atoms with Crippen LogP contribution in [-0.2, 0) is 11.3 Å². The Morgan fingerprint density at radius 1 is 1.27 bits per heavy atom. The average Bonchev–Trinajstić information content (AvgIpc) is 2.76. The number of carbonyl (C=O) groups excluding carboxylic acids is 1. The molecule has 1 saturated carbocycles. The molecule has 0 unspecified atom stereocenters. The summed E-state index contributed by atoms with van der Waals surface area (Å²) in [6, 6.07) is 6.11. The molecule has 0 bridgehead atoms. The van der Waals surface area contributed by atoms with Crippen molar-refractivity contribution >= 4 is 28.4 Å². The molecule has 1 aliphatic rings. The van der Waals surface area contributed by atoms with E-state index in [2.05, 4.69) is 10.4 Å². The monoisotopic (exact) mass is 319 g/mol. The second kappa shape index (κ2) is 7.14. The normalized spacial score (nSPS) is 16.6. The van der Waals surface area contributed by atoms with E-state index in [-0.39, 0.29) is 5.91 Å². The van der Waals surface area contributed by atoms with Crippen LogP contribution in [0.5, 0.6) is 0 Å². The number of nitrogens with one attached hydrogen (secondary N) is 1. The van der Waals surface area contributed by atoms with Gasteiger partial charge in [-0.2, -0.15) is 5.10 Å². The van der Waals surface area contributed by atoms with Gasteiger partial charge in [0.2, 0.25) is 5.91 Å². The van der Waals surface area contributed by atoms with Crippen molar-refractivity contribution in [3.63, 3.8) is 0 Å². The smallest absolute Gasteiger partial charge is 0.222 e. The summed E-state index contributed by atoms with van der Waals surface area (Å²) >= 11 is 6.14. The molecule has 0 spiro atoms. The molecule has 118 valence electrons. The van der Waals surface area contributed by atoms with E-state index in [1.54, 1.807) is 6.20 Å². The first-order valence-corrected chi connectivity index (χ1v) is 8.51. The maximum atomic E-state index is 12.1. The number of aryl methyl sites for hydroxylation is 1. The number of carbonyl (C=O) groups is 1. The van der Waals surface area contributed by atoms with E-state index in [4.69, 9.17) is 11.6 Å². The van der Waals surface area contributed by atoms with Gasteiger partial charge in [-0.1, -0.05) is 43.4 Å². The molecule has 0 aliphatic heterocycles. The zero-order valence-corrected chi connectivity index (χ0v) is 13.5. The van der Waals surface area contributed by atoms with Crippen LogP contribution in [0.15, 0.2) is 24.4 Å². The number of halogens is 1. The van der Waals surface area contributed by atoms with Crippen molar-refractivity contribution in [2.75, 3.05) is 0 Å². The third-order valence-corrected chi connectivity index (χ3v) is 4.73. The summed E-state index contributed by atoms with van der Waals surface area (Å²) < 4.78 is 1.86. The maximum absolute atomic E-state index is 12.1. The van der Waals surface area contributed by atoms with Gasteiger partial charge in [0.15, 0.2) is 0 Å². The van der Waals surface area contributed by atoms with Crippen LogP contribution in [0.4, 0.5) is 0 Å². The van der Waals surface area contributed by atoms with Crippen molar-refractivity contribution in [1.82, 2.24) is 15.1 Å². The molecule has 2 aromatic rings. The number of hydrogen-bond acceptors (Lipinski definition) is 2. The number of fused-ring (bicyclic) bond motifs is 1. The van der Waals surface area contributed by atoms with E-state index in [0.717, 1.165) is 23.7 Å². The maximum Gasteiger partial charge on any atom is 0.222 e. The molecule has 0 radical (unpaired) electrons. The first-order valence-electron chi connectivity index (χ1n) is 8.13. The van der Waals surface area contributed by atoms with Crippen LogP contribution in [0.2, 0.25) is 5.02 Å². The quantitative estimate of drug-likeness (QED) is 0.868. The number of amides is 1. The summed E-state index contributed by atoms with van der Waals surface area (Å²) in [5.74, 6) is 0.123. The molecule has 22 heavy (non-hydrogen) atoms. The highest BCUT2D eigenvalue weighted by Gasteiger charge is 2.15. The molecule has 1 aromatic heterocycles. The molecule has 0 atom stereocenters. The number of aromatic nitrogens is 2. The Morgan fingerprint density at radius 2 is 2.05 bits per heavy atom. The van der Waals surface area contributed by atoms with E-state index in [9.17, 15) is 4.79 Å². The predicted octanol–water partition coefficient (Wildman–Crippen LogP) is 3.92. The minimum atomic E-state index is 0.123. The predicted molar refractivity (Wildman–Crippen MR) is 89.0 cm³/mol. The summed E-state index contributed by atoms with van der Waals surface area (Å²) in [5.41, 5.74) is 0.981. The molecule has 1 fully saturated rings. The van der Waals surface area contributed by atoms with Crippen LogP contribution in [-0.4, -0.2) is 21.7 Å². The van der Waals surface area contributed by atoms with Crippen molar-refractivity contribution in [2.24, 2.45) is 0 Å². The van der Waals surface area contributed by atoms with Gasteiger partial charge in [-0.25, -0.2) is 0 Å². The van der Waals surface area contributed by atoms with Gasteiger partial charge in [0.25, 0.3) is 0 Å². The van der Waals surface area contributed by atoms with Crippen LogP contribution < -0.4 is 5.32 Å². The number of hydrogen-bond donors (Lipinski definition) is 1. The molecule has 3 rings (SSSR count). The Hall–Kier alpha value is -1.55. The van der Waals surface area contributed by atoms with E-state index >= 15 is 0 Å². The van der Waals surface area contributed by atoms with Crippen molar-refractivity contribution < 1.29 is 4.79 Å². The van der Waals surface area contributed by atoms with Gasteiger partial charge in [-0.05, 0) is 25.0 Å². The fourth-order valence-corrected chi connectivity index (χ4v) is 3.40. The van der Waals surface area contributed by atoms with Crippen molar-refractivity contribution in [2.45, 2.75) is 57.5 Å². The summed E-state index contributed by atoms with van der Waals surface area (Å²) in [6.45, 7) is 0.586. The lowest BCUT2D eigenvalue weighted by Crippen LogP contribution is -2.34. The average molecular weight is 320 g/mol. The van der Waals surface area contributed by atoms with Crippen molar-refractivity contribution in [1.29, 1.82) is 0 Å². The lowest BCUT2D eigenvalue weighted by Gasteiger charge is -2.16. The highest BCUT2D eigenvalue weighted by molar-refractivity contribution is 6.35. The Balaban J connectivity index is 1.57. The van der Waals surface area contributed by atoms with E-state index < -0.39 is 0 Å². The second-order valence-corrected chi connectivity index (χ2v) is 6.45. The molecule has 1 aromatic carbocycles. The molecule has 1 N–H and O–H groups in total. The first-order chi connectivity index (χ1) is 10.7. The Kier molecular flexibility index (Phi) is 4.98. The second-order valence-electron chi connectivity index (χ2n) is 6.05. The molecule has 1 aliphatic carbocycles. The minimum absolute atomic E-state index is 0.123. The zero-order valence-electron chi connectivity index (χ0n) is 12.7. The molecule has 1 amide bonds. The molecule has 4 nitrogen and oxygen atoms in total. The Morgan fingerprint density at radius 3 is 2.82 bits per heavy atom. The summed E-state index contributed by atoms with van der Waals surface area (Å²) in [5, 5.41) is 9.16. The fraction of sp³-hybridized carbons (Fsp3) is 0.529. The zero-order chi connectivity index (χ0) is 15.4. The van der Waals surface area contributed by atoms with Gasteiger partial charge < -0.3 is 5.32 Å². The number of nitrogens with zero attached hydrogens (tertiary/aromatic N) is 2. The summed E-state index contributed by atoms with van der Waals surface area (Å²) in [6.07, 6.45) is 9.51. The summed E-state index contributed by atoms with van der Waals surface area (Å²) in [4.78, 5) is 12.1. The first kappa shape index (κ1) is 15.3. The Bertz CT molecular complexity index is 644. The highest BCUT2D eigenvalue weighted by Crippen LogP contribution is 2.23. The third-order valence-electron chi connectivity index (χ3n) is 4.41. The van der Waals surface area contributed by atoms with Gasteiger partial charge in [0.05, 0.1) is 23.3 Å². The minimum Gasteiger partial charge on any atom is -0.353 e. The van der Waals surface area contributed by atoms with Crippen LogP contribution in [0.3, 0.4) is 0 Å². The van der Waals surface area contributed by atoms with E-state index in [1.165, 1.54) is 25.7 Å². The number of rotatable bonds is 4. The Labute approximate surface area is 135 Å². The van der Waals surface area contributed by atoms with Gasteiger partial charge in [0.1, 0.15) is 0 Å². The van der Waals surface area contributed by atoms with Crippen LogP contribution >= 0.6 is 11.6 Å². The molecule has 0 saturated heterocycles. The van der Waals surface area contributed by atoms with Gasteiger partial charge >= 0.3 is 0 Å².